The van der Waals surface area contributed by atoms with E-state index in [2.05, 4.69) is 31.2 Å². The van der Waals surface area contributed by atoms with E-state index in [1.807, 2.05) is 24.3 Å². The van der Waals surface area contributed by atoms with E-state index in [9.17, 15) is 0 Å². The predicted molar refractivity (Wildman–Crippen MR) is 76.5 cm³/mol. The first kappa shape index (κ1) is 13.0. The van der Waals surface area contributed by atoms with E-state index in [1.165, 1.54) is 11.1 Å². The molecule has 0 spiro atoms. The van der Waals surface area contributed by atoms with Crippen molar-refractivity contribution in [1.82, 2.24) is 0 Å². The summed E-state index contributed by atoms with van der Waals surface area (Å²) in [4.78, 5) is 0. The molecule has 0 amide bonds. The molecule has 2 rings (SSSR count). The second-order valence-electron chi connectivity index (χ2n) is 4.37. The van der Waals surface area contributed by atoms with Gasteiger partial charge in [-0.05, 0) is 42.2 Å². The number of hydrogen-bond donors (Lipinski definition) is 0. The van der Waals surface area contributed by atoms with Gasteiger partial charge < -0.3 is 4.74 Å². The Hall–Kier alpha value is -1.47. The zero-order chi connectivity index (χ0) is 13.0. The molecule has 0 aliphatic heterocycles. The third-order valence-corrected chi connectivity index (χ3v) is 3.54. The van der Waals surface area contributed by atoms with E-state index in [1.54, 1.807) is 7.11 Å². The van der Waals surface area contributed by atoms with E-state index in [0.29, 0.717) is 0 Å². The molecular weight excluding hydrogens is 244 g/mol. The Morgan fingerprint density at radius 3 is 2.33 bits per heavy atom. The lowest BCUT2D eigenvalue weighted by Crippen LogP contribution is -1.98. The summed E-state index contributed by atoms with van der Waals surface area (Å²) in [6.07, 6.45) is 0.848. The van der Waals surface area contributed by atoms with Gasteiger partial charge >= 0.3 is 0 Å². The second-order valence-corrected chi connectivity index (χ2v) is 4.90. The Morgan fingerprint density at radius 2 is 1.72 bits per heavy atom. The first-order valence-electron chi connectivity index (χ1n) is 6.03. The molecule has 0 aliphatic rings. The van der Waals surface area contributed by atoms with Crippen molar-refractivity contribution < 1.29 is 4.74 Å². The molecule has 0 saturated carbocycles. The maximum absolute atomic E-state index is 6.47. The summed E-state index contributed by atoms with van der Waals surface area (Å²) in [5.74, 6) is 0.860. The number of ether oxygens (including phenoxy) is 1. The van der Waals surface area contributed by atoms with Crippen molar-refractivity contribution in [2.24, 2.45) is 0 Å². The minimum Gasteiger partial charge on any atom is -0.497 e. The van der Waals surface area contributed by atoms with Gasteiger partial charge in [0.2, 0.25) is 0 Å². The van der Waals surface area contributed by atoms with Crippen molar-refractivity contribution in [2.75, 3.05) is 7.11 Å². The van der Waals surface area contributed by atoms with Crippen LogP contribution in [0.1, 0.15) is 22.1 Å². The molecule has 1 unspecified atom stereocenters. The molecule has 0 saturated heterocycles. The Morgan fingerprint density at radius 1 is 1.06 bits per heavy atom. The van der Waals surface area contributed by atoms with Crippen LogP contribution in [0.3, 0.4) is 0 Å². The van der Waals surface area contributed by atoms with Crippen LogP contribution in [0.2, 0.25) is 0 Å². The molecule has 0 radical (unpaired) electrons. The van der Waals surface area contributed by atoms with Crippen LogP contribution in [-0.2, 0) is 6.42 Å². The molecule has 0 aliphatic carbocycles. The van der Waals surface area contributed by atoms with E-state index in [0.717, 1.165) is 17.7 Å². The average Bonchev–Trinajstić information content (AvgIpc) is 2.41. The highest BCUT2D eigenvalue weighted by atomic mass is 35.5. The molecule has 18 heavy (non-hydrogen) atoms. The first-order chi connectivity index (χ1) is 8.70. The molecule has 0 bridgehead atoms. The SMILES string of the molecule is COc1ccc(C(Cl)Cc2ccccc2C)cc1. The van der Waals surface area contributed by atoms with Gasteiger partial charge in [-0.15, -0.1) is 11.6 Å². The van der Waals surface area contributed by atoms with Crippen molar-refractivity contribution in [2.45, 2.75) is 18.7 Å². The van der Waals surface area contributed by atoms with Crippen molar-refractivity contribution in [3.63, 3.8) is 0 Å². The van der Waals surface area contributed by atoms with Gasteiger partial charge in [-0.25, -0.2) is 0 Å². The highest BCUT2D eigenvalue weighted by molar-refractivity contribution is 6.20. The van der Waals surface area contributed by atoms with Gasteiger partial charge in [0, 0.05) is 0 Å². The topological polar surface area (TPSA) is 9.23 Å². The van der Waals surface area contributed by atoms with Crippen LogP contribution in [0.5, 0.6) is 5.75 Å². The normalized spacial score (nSPS) is 12.2. The Balaban J connectivity index is 2.11. The number of alkyl halides is 1. The number of aryl methyl sites for hydroxylation is 1. The average molecular weight is 261 g/mol. The molecule has 1 nitrogen and oxygen atoms in total. The standard InChI is InChI=1S/C16H17ClO/c1-12-5-3-4-6-14(12)11-16(17)13-7-9-15(18-2)10-8-13/h3-10,16H,11H2,1-2H3. The van der Waals surface area contributed by atoms with Crippen LogP contribution >= 0.6 is 11.6 Å². The zero-order valence-electron chi connectivity index (χ0n) is 10.7. The van der Waals surface area contributed by atoms with Crippen LogP contribution in [0.4, 0.5) is 0 Å². The van der Waals surface area contributed by atoms with E-state index >= 15 is 0 Å². The molecule has 2 aromatic rings. The van der Waals surface area contributed by atoms with Gasteiger partial charge in [0.1, 0.15) is 5.75 Å². The molecule has 0 aromatic heterocycles. The molecule has 94 valence electrons. The van der Waals surface area contributed by atoms with Gasteiger partial charge in [0.15, 0.2) is 0 Å². The number of benzene rings is 2. The van der Waals surface area contributed by atoms with Gasteiger partial charge in [0.25, 0.3) is 0 Å². The molecule has 2 aromatic carbocycles. The number of rotatable bonds is 4. The monoisotopic (exact) mass is 260 g/mol. The maximum atomic E-state index is 6.47. The Kier molecular flexibility index (Phi) is 4.27. The summed E-state index contributed by atoms with van der Waals surface area (Å²) in [6.45, 7) is 2.12. The van der Waals surface area contributed by atoms with Crippen LogP contribution in [0, 0.1) is 6.92 Å². The minimum absolute atomic E-state index is 0.00277. The van der Waals surface area contributed by atoms with E-state index < -0.39 is 0 Å². The summed E-state index contributed by atoms with van der Waals surface area (Å²) in [6, 6.07) is 16.3. The lowest BCUT2D eigenvalue weighted by atomic mass is 10.0. The summed E-state index contributed by atoms with van der Waals surface area (Å²) >= 11 is 6.47. The summed E-state index contributed by atoms with van der Waals surface area (Å²) < 4.78 is 5.14. The fraction of sp³-hybridized carbons (Fsp3) is 0.250. The Labute approximate surface area is 113 Å². The first-order valence-corrected chi connectivity index (χ1v) is 6.47. The largest absolute Gasteiger partial charge is 0.497 e. The summed E-state index contributed by atoms with van der Waals surface area (Å²) in [5.41, 5.74) is 3.71. The van der Waals surface area contributed by atoms with Crippen LogP contribution in [0.25, 0.3) is 0 Å². The summed E-state index contributed by atoms with van der Waals surface area (Å²) in [5, 5.41) is -0.00277. The van der Waals surface area contributed by atoms with Gasteiger partial charge in [-0.3, -0.25) is 0 Å². The van der Waals surface area contributed by atoms with Crippen molar-refractivity contribution >= 4 is 11.6 Å². The van der Waals surface area contributed by atoms with Crippen molar-refractivity contribution in [1.29, 1.82) is 0 Å². The highest BCUT2D eigenvalue weighted by Crippen LogP contribution is 2.27. The van der Waals surface area contributed by atoms with E-state index in [-0.39, 0.29) is 5.38 Å². The lowest BCUT2D eigenvalue weighted by Gasteiger charge is -2.12. The van der Waals surface area contributed by atoms with Crippen LogP contribution in [0.15, 0.2) is 48.5 Å². The maximum Gasteiger partial charge on any atom is 0.118 e. The molecule has 0 heterocycles. The quantitative estimate of drug-likeness (QED) is 0.734. The third-order valence-electron chi connectivity index (χ3n) is 3.14. The van der Waals surface area contributed by atoms with Gasteiger partial charge in [-0.2, -0.15) is 0 Å². The van der Waals surface area contributed by atoms with Crippen molar-refractivity contribution in [3.05, 3.63) is 65.2 Å². The molecule has 0 N–H and O–H groups in total. The molecule has 0 fully saturated rings. The molecule has 1 atom stereocenters. The minimum atomic E-state index is -0.00277. The highest BCUT2D eigenvalue weighted by Gasteiger charge is 2.10. The van der Waals surface area contributed by atoms with Crippen LogP contribution < -0.4 is 4.74 Å². The van der Waals surface area contributed by atoms with Gasteiger partial charge in [0.05, 0.1) is 12.5 Å². The van der Waals surface area contributed by atoms with Crippen molar-refractivity contribution in [3.8, 4) is 5.75 Å². The zero-order valence-corrected chi connectivity index (χ0v) is 11.4. The fourth-order valence-corrected chi connectivity index (χ4v) is 2.27. The number of hydrogen-bond acceptors (Lipinski definition) is 1. The van der Waals surface area contributed by atoms with Crippen LogP contribution in [-0.4, -0.2) is 7.11 Å². The third kappa shape index (κ3) is 3.05. The lowest BCUT2D eigenvalue weighted by molar-refractivity contribution is 0.414. The second kappa shape index (κ2) is 5.92. The Bertz CT molecular complexity index is 505. The summed E-state index contributed by atoms with van der Waals surface area (Å²) in [7, 11) is 1.67. The predicted octanol–water partition coefficient (Wildman–Crippen LogP) is 4.53. The number of halogens is 1. The smallest absolute Gasteiger partial charge is 0.118 e. The fourth-order valence-electron chi connectivity index (χ4n) is 1.96. The number of methoxy groups -OCH3 is 1. The van der Waals surface area contributed by atoms with E-state index in [4.69, 9.17) is 16.3 Å². The molecule has 2 heteroatoms. The van der Waals surface area contributed by atoms with Gasteiger partial charge in [-0.1, -0.05) is 36.4 Å². The molecular formula is C16H17ClO.